The summed E-state index contributed by atoms with van der Waals surface area (Å²) in [5.74, 6) is -0.259. The van der Waals surface area contributed by atoms with Gasteiger partial charge in [-0.25, -0.2) is 52.5 Å². The number of nitrogens with two attached hydrogens (primary N) is 1. The molecule has 4 fully saturated rings. The maximum Gasteiger partial charge on any atom is 0.511 e. The van der Waals surface area contributed by atoms with E-state index in [-0.39, 0.29) is 54.5 Å². The fourth-order valence-electron chi connectivity index (χ4n) is 11.6. The Kier molecular flexibility index (Phi) is 28.6. The molecule has 27 nitrogen and oxygen atoms in total. The monoisotopic (exact) mass is 1700 g/mol. The van der Waals surface area contributed by atoms with E-state index in [0.29, 0.717) is 55.5 Å². The molecule has 4 aliphatic heterocycles. The summed E-state index contributed by atoms with van der Waals surface area (Å²) in [6.45, 7) is 9.67. The van der Waals surface area contributed by atoms with Crippen molar-refractivity contribution in [2.45, 2.75) is 37.3 Å². The Balaban J connectivity index is 0.000000147. The predicted molar refractivity (Wildman–Crippen MR) is 440 cm³/mol. The highest BCUT2D eigenvalue weighted by molar-refractivity contribution is 7.23. The van der Waals surface area contributed by atoms with Gasteiger partial charge in [0.2, 0.25) is 5.91 Å². The third kappa shape index (κ3) is 21.9. The van der Waals surface area contributed by atoms with Crippen molar-refractivity contribution in [1.29, 1.82) is 0 Å². The number of anilines is 5. The van der Waals surface area contributed by atoms with Gasteiger partial charge >= 0.3 is 45.0 Å². The normalized spacial score (nSPS) is 13.7. The largest absolute Gasteiger partial charge is 0.511 e. The van der Waals surface area contributed by atoms with Gasteiger partial charge in [0.1, 0.15) is 11.5 Å². The SMILES string of the molecule is CCn1cnc(-c2cc3nccc(Oc4ccc(CC(=O)N5CCN(c6ccccc6)C5=O)cc4F)c3s2)c1.CCn1cnc(-c2cc3nccc(Oc4ccc(N)cc4F)c3s2)c1.COC(=O)OC(Cl)(Cl)Cl.O=C(Cl)N1CCN(c2ccccc2)C1=O.O=C(Cl)N1CCN(c2ccccc2)C1=O.O=C1NCCN1c1ccccc1. The fraction of sp³-hybridized carbons (Fsp3) is 0.190. The molecule has 115 heavy (non-hydrogen) atoms. The molecule has 12 aromatic rings. The van der Waals surface area contributed by atoms with E-state index in [1.165, 1.54) is 61.6 Å². The summed E-state index contributed by atoms with van der Waals surface area (Å²) in [7, 11) is 1.11. The molecule has 6 aromatic carbocycles. The molecule has 0 aliphatic carbocycles. The topological polar surface area (TPSA) is 296 Å². The maximum absolute atomic E-state index is 15.1. The van der Waals surface area contributed by atoms with Crippen LogP contribution in [0.1, 0.15) is 19.4 Å². The highest BCUT2D eigenvalue weighted by Crippen LogP contribution is 2.42. The Morgan fingerprint density at radius 2 is 0.913 bits per heavy atom. The fourth-order valence-corrected chi connectivity index (χ4v) is 14.1. The van der Waals surface area contributed by atoms with Gasteiger partial charge in [-0.3, -0.25) is 48.9 Å². The van der Waals surface area contributed by atoms with Crippen molar-refractivity contribution in [3.8, 4) is 44.1 Å². The third-order valence-corrected chi connectivity index (χ3v) is 20.2. The number of aromatic nitrogens is 6. The molecule has 4 saturated heterocycles. The number of imide groups is 3. The minimum atomic E-state index is -2.03. The molecule has 6 aromatic heterocycles. The van der Waals surface area contributed by atoms with Crippen molar-refractivity contribution in [3.05, 3.63) is 237 Å². The number of nitrogens with one attached hydrogen (secondary N) is 1. The minimum Gasteiger partial charge on any atom is -0.453 e. The number of alkyl halides is 3. The van der Waals surface area contributed by atoms with Crippen molar-refractivity contribution in [3.63, 3.8) is 0 Å². The zero-order valence-electron chi connectivity index (χ0n) is 61.3. The smallest absolute Gasteiger partial charge is 0.453 e. The lowest BCUT2D eigenvalue weighted by molar-refractivity contribution is -0.126. The van der Waals surface area contributed by atoms with E-state index in [1.54, 1.807) is 59.1 Å². The van der Waals surface area contributed by atoms with Gasteiger partial charge in [0, 0.05) is 137 Å². The first-order valence-corrected chi connectivity index (χ1v) is 38.7. The molecular weight excluding hydrogens is 1630 g/mol. The molecular formula is C79H70Cl5F2N15O12S2. The van der Waals surface area contributed by atoms with Gasteiger partial charge in [0.05, 0.1) is 67.8 Å². The first kappa shape index (κ1) is 84.0. The lowest BCUT2D eigenvalue weighted by Crippen LogP contribution is -2.37. The van der Waals surface area contributed by atoms with Crippen LogP contribution < -0.4 is 40.1 Å². The molecule has 0 atom stereocenters. The second-order valence-electron chi connectivity index (χ2n) is 24.7. The average Bonchev–Trinajstić information content (AvgIpc) is 1.66. The zero-order chi connectivity index (χ0) is 81.9. The standard InChI is InChI=1S/C29H24FN5O3S.C18H15FN4OS.2C10H9ClN2O2.C9H10N2O.C3H3Cl3O3/c1-2-33-17-23(32-18-33)26-16-22-28(39-26)25(10-11-31-22)38-24-9-8-19(14-21(24)30)15-27(36)35-13-12-34(29(35)37)20-6-4-3-5-7-20;1-2-23-9-14(22-10-23)17-8-13-18(25-17)16(5-6-21-13)24-15-4-3-11(20)7-12(15)19;2*11-9(14)13-7-6-12(10(13)15)8-4-2-1-3-5-8;12-9-10-6-7-11(9)8-4-2-1-3-5-8;1-8-2(7)9-3(4,5)6/h3-11,14,16-18H,2,12-13,15H2,1H3;3-10H,2,20H2,1H3;2*1-5H,6-7H2;1-5H,6-7H2,(H,10,12);1H3. The Hall–Kier alpha value is -12.0. The minimum absolute atomic E-state index is 0.00111. The predicted octanol–water partition coefficient (Wildman–Crippen LogP) is 18.7. The van der Waals surface area contributed by atoms with Crippen LogP contribution in [-0.4, -0.2) is 154 Å². The van der Waals surface area contributed by atoms with Crippen LogP contribution in [0.2, 0.25) is 0 Å². The lowest BCUT2D eigenvalue weighted by atomic mass is 10.1. The number of nitrogens with zero attached hydrogens (tertiary/aromatic N) is 13. The molecule has 0 saturated carbocycles. The molecule has 4 aliphatic rings. The molecule has 0 radical (unpaired) electrons. The van der Waals surface area contributed by atoms with Crippen LogP contribution in [0.25, 0.3) is 41.6 Å². The Morgan fingerprint density at radius 1 is 0.504 bits per heavy atom. The number of pyridine rings is 2. The summed E-state index contributed by atoms with van der Waals surface area (Å²) in [6.07, 6.45) is 9.69. The number of rotatable bonds is 14. The number of amides is 11. The zero-order valence-corrected chi connectivity index (χ0v) is 66.7. The summed E-state index contributed by atoms with van der Waals surface area (Å²) in [6, 6.07) is 52.3. The van der Waals surface area contributed by atoms with Gasteiger partial charge in [0.15, 0.2) is 23.1 Å². The number of ether oxygens (including phenoxy) is 4. The van der Waals surface area contributed by atoms with Crippen LogP contribution in [0.4, 0.5) is 70.8 Å². The second kappa shape index (κ2) is 39.2. The van der Waals surface area contributed by atoms with Gasteiger partial charge in [-0.05, 0) is 162 Å². The number of benzene rings is 6. The van der Waals surface area contributed by atoms with Gasteiger partial charge in [0.25, 0.3) is 0 Å². The van der Waals surface area contributed by atoms with E-state index in [9.17, 15) is 42.7 Å². The number of aryl methyl sites for hydroxylation is 2. The summed E-state index contributed by atoms with van der Waals surface area (Å²) >= 11 is 28.6. The number of hydrogen-bond acceptors (Lipinski definition) is 19. The first-order chi connectivity index (χ1) is 55.4. The number of carbonyl (C=O) groups excluding carboxylic acids is 8. The van der Waals surface area contributed by atoms with Crippen LogP contribution in [0.3, 0.4) is 0 Å². The van der Waals surface area contributed by atoms with E-state index in [0.717, 1.165) is 107 Å². The van der Waals surface area contributed by atoms with Crippen molar-refractivity contribution in [2.24, 2.45) is 0 Å². The molecule has 594 valence electrons. The van der Waals surface area contributed by atoms with Crippen molar-refractivity contribution < 1.29 is 66.1 Å². The van der Waals surface area contributed by atoms with Crippen LogP contribution in [0, 0.1) is 11.6 Å². The van der Waals surface area contributed by atoms with Gasteiger partial charge in [-0.2, -0.15) is 0 Å². The van der Waals surface area contributed by atoms with Crippen LogP contribution in [-0.2, 0) is 33.8 Å². The first-order valence-electron chi connectivity index (χ1n) is 35.2. The summed E-state index contributed by atoms with van der Waals surface area (Å²) in [5.41, 5.74) is 12.9. The Labute approximate surface area is 690 Å². The molecule has 0 spiro atoms. The molecule has 11 amide bonds. The number of thiophene rings is 2. The molecule has 0 bridgehead atoms. The van der Waals surface area contributed by atoms with E-state index >= 15 is 4.39 Å². The number of nitrogen functional groups attached to an aromatic ring is 1. The van der Waals surface area contributed by atoms with Gasteiger partial charge in [-0.1, -0.05) is 78.9 Å². The van der Waals surface area contributed by atoms with Crippen LogP contribution in [0.15, 0.2) is 219 Å². The van der Waals surface area contributed by atoms with Crippen molar-refractivity contribution in [2.75, 3.05) is 84.8 Å². The third-order valence-electron chi connectivity index (χ3n) is 17.2. The van der Waals surface area contributed by atoms with Crippen molar-refractivity contribution in [1.82, 2.24) is 49.1 Å². The number of urea groups is 4. The van der Waals surface area contributed by atoms with Crippen LogP contribution in [0.5, 0.6) is 23.0 Å². The molecule has 3 N–H and O–H groups in total. The maximum atomic E-state index is 15.1. The lowest BCUT2D eigenvalue weighted by Gasteiger charge is -2.17. The molecule has 10 heterocycles. The molecule has 16 rings (SSSR count). The van der Waals surface area contributed by atoms with E-state index in [4.69, 9.17) is 73.2 Å². The number of carbonyl (C=O) groups is 8. The van der Waals surface area contributed by atoms with Gasteiger partial charge in [-0.15, -0.1) is 22.7 Å². The summed E-state index contributed by atoms with van der Waals surface area (Å²) < 4.78 is 52.5. The van der Waals surface area contributed by atoms with E-state index in [1.807, 2.05) is 162 Å². The quantitative estimate of drug-likeness (QED) is 0.0336. The highest BCUT2D eigenvalue weighted by atomic mass is 35.6. The number of imidazole rings is 2. The summed E-state index contributed by atoms with van der Waals surface area (Å²) in [5, 5.41) is 1.31. The number of hydrogen-bond donors (Lipinski definition) is 2. The second-order valence-corrected chi connectivity index (χ2v) is 29.6. The Morgan fingerprint density at radius 3 is 1.27 bits per heavy atom. The van der Waals surface area contributed by atoms with Crippen molar-refractivity contribution >= 4 is 176 Å². The molecule has 36 heteroatoms. The van der Waals surface area contributed by atoms with E-state index in [2.05, 4.69) is 41.7 Å². The number of methoxy groups -OCH3 is 1. The Bertz CT molecular complexity index is 5370. The van der Waals surface area contributed by atoms with E-state index < -0.39 is 32.5 Å². The van der Waals surface area contributed by atoms with Crippen LogP contribution >= 0.6 is 80.7 Å². The number of halogens is 7. The average molecular weight is 1700 g/mol. The molecule has 0 unspecified atom stereocenters. The van der Waals surface area contributed by atoms with Gasteiger partial charge < -0.3 is 39.1 Å². The summed E-state index contributed by atoms with van der Waals surface area (Å²) in [4.78, 5) is 121. The number of para-hydroxylation sites is 4. The number of fused-ring (bicyclic) bond motifs is 2. The highest BCUT2D eigenvalue weighted by Gasteiger charge is 2.36.